The van der Waals surface area contributed by atoms with Crippen molar-refractivity contribution in [3.8, 4) is 0 Å². The number of hydrogen-bond acceptors (Lipinski definition) is 4. The van der Waals surface area contributed by atoms with Gasteiger partial charge in [-0.3, -0.25) is 9.89 Å². The zero-order chi connectivity index (χ0) is 17.4. The third-order valence-electron chi connectivity index (χ3n) is 4.87. The number of aromatic nitrogens is 4. The second-order valence-corrected chi connectivity index (χ2v) is 7.01. The van der Waals surface area contributed by atoms with E-state index in [-0.39, 0.29) is 5.56 Å². The quantitative estimate of drug-likeness (QED) is 0.767. The predicted octanol–water partition coefficient (Wildman–Crippen LogP) is 3.03. The summed E-state index contributed by atoms with van der Waals surface area (Å²) in [4.78, 5) is 21.6. The van der Waals surface area contributed by atoms with E-state index in [2.05, 4.69) is 58.5 Å². The molecule has 1 aromatic carbocycles. The van der Waals surface area contributed by atoms with Gasteiger partial charge in [-0.25, -0.2) is 4.98 Å². The van der Waals surface area contributed by atoms with Gasteiger partial charge in [0.1, 0.15) is 0 Å². The van der Waals surface area contributed by atoms with Crippen LogP contribution in [-0.2, 0) is 19.4 Å². The Hall–Kier alpha value is -2.63. The van der Waals surface area contributed by atoms with E-state index < -0.39 is 0 Å². The Bertz CT molecular complexity index is 952. The summed E-state index contributed by atoms with van der Waals surface area (Å²) in [6, 6.07) is 8.54. The van der Waals surface area contributed by atoms with Gasteiger partial charge in [-0.2, -0.15) is 9.50 Å². The van der Waals surface area contributed by atoms with Crippen LogP contribution in [0.2, 0.25) is 0 Å². The predicted molar refractivity (Wildman–Crippen MR) is 98.1 cm³/mol. The third-order valence-corrected chi connectivity index (χ3v) is 4.87. The molecule has 0 bridgehead atoms. The maximum atomic E-state index is 12.6. The number of H-pyrrole nitrogens is 1. The maximum absolute atomic E-state index is 12.6. The molecule has 0 aliphatic heterocycles. The molecule has 4 rings (SSSR count). The van der Waals surface area contributed by atoms with Crippen LogP contribution in [0, 0.1) is 0 Å². The van der Waals surface area contributed by atoms with Crippen LogP contribution in [0.25, 0.3) is 5.78 Å². The smallest absolute Gasteiger partial charge is 0.277 e. The van der Waals surface area contributed by atoms with Gasteiger partial charge in [-0.05, 0) is 42.7 Å². The molecule has 2 heterocycles. The van der Waals surface area contributed by atoms with Crippen molar-refractivity contribution < 1.29 is 0 Å². The minimum absolute atomic E-state index is 0.0125. The van der Waals surface area contributed by atoms with Gasteiger partial charge in [-0.15, -0.1) is 0 Å². The molecule has 6 nitrogen and oxygen atoms in total. The summed E-state index contributed by atoms with van der Waals surface area (Å²) in [6.45, 7) is 5.02. The molecule has 0 saturated heterocycles. The fraction of sp³-hybridized carbons (Fsp3) is 0.421. The molecular weight excluding hydrogens is 314 g/mol. The zero-order valence-electron chi connectivity index (χ0n) is 14.7. The van der Waals surface area contributed by atoms with Gasteiger partial charge in [0.15, 0.2) is 0 Å². The van der Waals surface area contributed by atoms with Crippen LogP contribution >= 0.6 is 0 Å². The van der Waals surface area contributed by atoms with Gasteiger partial charge in [-0.1, -0.05) is 38.1 Å². The number of nitrogens with zero attached hydrogens (tertiary/aromatic N) is 3. The average Bonchev–Trinajstić information content (AvgIpc) is 3.04. The van der Waals surface area contributed by atoms with Gasteiger partial charge >= 0.3 is 0 Å². The van der Waals surface area contributed by atoms with Crippen LogP contribution < -0.4 is 10.9 Å². The lowest BCUT2D eigenvalue weighted by molar-refractivity contribution is 0.650. The highest BCUT2D eigenvalue weighted by molar-refractivity contribution is 5.40. The number of nitrogens with one attached hydrogen (secondary N) is 2. The molecule has 130 valence electrons. The Morgan fingerprint density at radius 2 is 1.92 bits per heavy atom. The molecule has 6 heteroatoms. The Labute approximate surface area is 146 Å². The van der Waals surface area contributed by atoms with Gasteiger partial charge in [0.25, 0.3) is 11.3 Å². The SMILES string of the molecule is CC(C)c1ccc(CNc2nc3nc4c(c(=O)n3[nH]2)CCCC4)cc1. The number of aromatic amines is 1. The lowest BCUT2D eigenvalue weighted by Gasteiger charge is -2.12. The molecule has 25 heavy (non-hydrogen) atoms. The monoisotopic (exact) mass is 337 g/mol. The zero-order valence-corrected chi connectivity index (χ0v) is 14.7. The van der Waals surface area contributed by atoms with Gasteiger partial charge < -0.3 is 5.32 Å². The van der Waals surface area contributed by atoms with Crippen LogP contribution in [0.15, 0.2) is 29.1 Å². The second kappa shape index (κ2) is 6.35. The van der Waals surface area contributed by atoms with Crippen molar-refractivity contribution >= 4 is 11.7 Å². The standard InChI is InChI=1S/C19H23N5O/c1-12(2)14-9-7-13(8-10-14)11-20-18-22-19-21-16-6-4-3-5-15(16)17(25)24(19)23-18/h7-10,12H,3-6,11H2,1-2H3,(H2,20,21,22,23). The summed E-state index contributed by atoms with van der Waals surface area (Å²) in [5.74, 6) is 1.55. The molecular formula is C19H23N5O. The Balaban J connectivity index is 1.56. The van der Waals surface area contributed by atoms with Crippen molar-refractivity contribution in [1.82, 2.24) is 19.6 Å². The molecule has 1 aliphatic carbocycles. The first-order chi connectivity index (χ1) is 12.1. The molecule has 0 unspecified atom stereocenters. The molecule has 0 atom stereocenters. The summed E-state index contributed by atoms with van der Waals surface area (Å²) in [6.07, 6.45) is 3.84. The minimum atomic E-state index is -0.0125. The largest absolute Gasteiger partial charge is 0.351 e. The van der Waals surface area contributed by atoms with Gasteiger partial charge in [0, 0.05) is 12.1 Å². The minimum Gasteiger partial charge on any atom is -0.351 e. The van der Waals surface area contributed by atoms with Crippen LogP contribution in [0.4, 0.5) is 5.95 Å². The van der Waals surface area contributed by atoms with E-state index in [9.17, 15) is 4.79 Å². The lowest BCUT2D eigenvalue weighted by atomic mass is 9.97. The van der Waals surface area contributed by atoms with Crippen molar-refractivity contribution in [2.45, 2.75) is 52.0 Å². The van der Waals surface area contributed by atoms with E-state index in [1.165, 1.54) is 15.6 Å². The molecule has 3 aromatic rings. The topological polar surface area (TPSA) is 75.1 Å². The number of aryl methyl sites for hydroxylation is 1. The van der Waals surface area contributed by atoms with Crippen molar-refractivity contribution in [2.24, 2.45) is 0 Å². The average molecular weight is 337 g/mol. The maximum Gasteiger partial charge on any atom is 0.277 e. The Kier molecular flexibility index (Phi) is 4.03. The van der Waals surface area contributed by atoms with Crippen molar-refractivity contribution in [3.63, 3.8) is 0 Å². The first-order valence-corrected chi connectivity index (χ1v) is 8.95. The summed E-state index contributed by atoms with van der Waals surface area (Å²) in [7, 11) is 0. The molecule has 0 amide bonds. The molecule has 0 fully saturated rings. The number of benzene rings is 1. The van der Waals surface area contributed by atoms with Crippen molar-refractivity contribution in [3.05, 3.63) is 57.0 Å². The first kappa shape index (κ1) is 15.9. The molecule has 2 aromatic heterocycles. The van der Waals surface area contributed by atoms with E-state index in [0.29, 0.717) is 24.2 Å². The van der Waals surface area contributed by atoms with Crippen molar-refractivity contribution in [2.75, 3.05) is 5.32 Å². The lowest BCUT2D eigenvalue weighted by Crippen LogP contribution is -2.25. The van der Waals surface area contributed by atoms with Crippen LogP contribution in [-0.4, -0.2) is 19.6 Å². The molecule has 0 saturated carbocycles. The highest BCUT2D eigenvalue weighted by Gasteiger charge is 2.18. The molecule has 0 spiro atoms. The van der Waals surface area contributed by atoms with Crippen LogP contribution in [0.3, 0.4) is 0 Å². The van der Waals surface area contributed by atoms with E-state index in [1.54, 1.807) is 0 Å². The summed E-state index contributed by atoms with van der Waals surface area (Å²) < 4.78 is 1.45. The van der Waals surface area contributed by atoms with Gasteiger partial charge in [0.05, 0.1) is 5.69 Å². The van der Waals surface area contributed by atoms with E-state index in [0.717, 1.165) is 36.9 Å². The van der Waals surface area contributed by atoms with E-state index in [1.807, 2.05) is 0 Å². The highest BCUT2D eigenvalue weighted by atomic mass is 16.1. The second-order valence-electron chi connectivity index (χ2n) is 7.01. The number of fused-ring (bicyclic) bond motifs is 2. The number of anilines is 1. The van der Waals surface area contributed by atoms with Crippen LogP contribution in [0.1, 0.15) is 55.0 Å². The Morgan fingerprint density at radius 1 is 1.16 bits per heavy atom. The van der Waals surface area contributed by atoms with Crippen molar-refractivity contribution in [1.29, 1.82) is 0 Å². The number of hydrogen-bond donors (Lipinski definition) is 2. The molecule has 0 radical (unpaired) electrons. The summed E-state index contributed by atoms with van der Waals surface area (Å²) in [5.41, 5.74) is 4.24. The first-order valence-electron chi connectivity index (χ1n) is 8.95. The van der Waals surface area contributed by atoms with E-state index >= 15 is 0 Å². The Morgan fingerprint density at radius 3 is 2.68 bits per heavy atom. The highest BCUT2D eigenvalue weighted by Crippen LogP contribution is 2.17. The van der Waals surface area contributed by atoms with Gasteiger partial charge in [0.2, 0.25) is 5.95 Å². The molecule has 1 aliphatic rings. The van der Waals surface area contributed by atoms with Crippen LogP contribution in [0.5, 0.6) is 0 Å². The van der Waals surface area contributed by atoms with E-state index in [4.69, 9.17) is 0 Å². The number of rotatable bonds is 4. The summed E-state index contributed by atoms with van der Waals surface area (Å²) >= 11 is 0. The fourth-order valence-corrected chi connectivity index (χ4v) is 3.33. The molecule has 2 N–H and O–H groups in total. The summed E-state index contributed by atoms with van der Waals surface area (Å²) in [5, 5.41) is 6.28. The third kappa shape index (κ3) is 3.04. The fourth-order valence-electron chi connectivity index (χ4n) is 3.33. The normalized spacial score (nSPS) is 14.0.